The van der Waals surface area contributed by atoms with E-state index in [9.17, 15) is 0 Å². The number of rotatable bonds is 9. The summed E-state index contributed by atoms with van der Waals surface area (Å²) in [5, 5.41) is 3.51. The first-order chi connectivity index (χ1) is 11.8. The highest BCUT2D eigenvalue weighted by molar-refractivity contribution is 14.0. The molecule has 2 rings (SSSR count). The Labute approximate surface area is 171 Å². The number of likely N-dealkylation sites (tertiary alicyclic amines) is 1. The van der Waals surface area contributed by atoms with Gasteiger partial charge in [-0.1, -0.05) is 19.3 Å². The number of hydrogen-bond acceptors (Lipinski definition) is 3. The van der Waals surface area contributed by atoms with Crippen molar-refractivity contribution in [2.75, 3.05) is 47.0 Å². The molecule has 2 fully saturated rings. The Morgan fingerprint density at radius 3 is 2.64 bits per heavy atom. The maximum Gasteiger partial charge on any atom is 0.193 e. The van der Waals surface area contributed by atoms with Gasteiger partial charge in [0.25, 0.3) is 0 Å². The first-order valence-corrected chi connectivity index (χ1v) is 9.89. The van der Waals surface area contributed by atoms with Gasteiger partial charge in [-0.05, 0) is 38.5 Å². The molecule has 2 aliphatic rings. The Kier molecular flexibility index (Phi) is 12.9. The largest absolute Gasteiger partial charge is 0.384 e. The highest BCUT2D eigenvalue weighted by Gasteiger charge is 2.24. The van der Waals surface area contributed by atoms with Crippen LogP contribution in [0.25, 0.3) is 0 Å². The molecule has 1 saturated carbocycles. The van der Waals surface area contributed by atoms with Crippen LogP contribution in [-0.2, 0) is 9.47 Å². The zero-order valence-corrected chi connectivity index (χ0v) is 18.5. The van der Waals surface area contributed by atoms with E-state index in [1.165, 1.54) is 57.8 Å². The summed E-state index contributed by atoms with van der Waals surface area (Å²) in [5.74, 6) is 1.69. The molecule has 25 heavy (non-hydrogen) atoms. The first-order valence-electron chi connectivity index (χ1n) is 9.89. The van der Waals surface area contributed by atoms with E-state index in [-0.39, 0.29) is 24.0 Å². The Hall–Kier alpha value is -0.0800. The van der Waals surface area contributed by atoms with Gasteiger partial charge in [-0.15, -0.1) is 24.0 Å². The third-order valence-electron chi connectivity index (χ3n) is 5.21. The molecule has 0 spiro atoms. The number of methoxy groups -OCH3 is 1. The normalized spacial score (nSPS) is 22.1. The van der Waals surface area contributed by atoms with Gasteiger partial charge in [-0.2, -0.15) is 0 Å². The lowest BCUT2D eigenvalue weighted by Crippen LogP contribution is -2.40. The Balaban J connectivity index is 0.00000312. The molecule has 0 aromatic heterocycles. The lowest BCUT2D eigenvalue weighted by Gasteiger charge is -2.22. The van der Waals surface area contributed by atoms with Gasteiger partial charge in [0.15, 0.2) is 5.96 Å². The molecule has 0 aromatic carbocycles. The Morgan fingerprint density at radius 2 is 1.92 bits per heavy atom. The number of nitrogens with zero attached hydrogens (tertiary/aromatic N) is 2. The first kappa shape index (κ1) is 23.0. The molecule has 1 heterocycles. The van der Waals surface area contributed by atoms with Crippen molar-refractivity contribution in [1.82, 2.24) is 10.2 Å². The molecule has 0 aromatic rings. The predicted octanol–water partition coefficient (Wildman–Crippen LogP) is 3.67. The van der Waals surface area contributed by atoms with Crippen LogP contribution in [-0.4, -0.2) is 64.0 Å². The van der Waals surface area contributed by atoms with E-state index >= 15 is 0 Å². The van der Waals surface area contributed by atoms with Crippen molar-refractivity contribution < 1.29 is 9.47 Å². The smallest absolute Gasteiger partial charge is 0.193 e. The van der Waals surface area contributed by atoms with Gasteiger partial charge in [0, 0.05) is 46.3 Å². The van der Waals surface area contributed by atoms with Gasteiger partial charge in [0.2, 0.25) is 0 Å². The molecular weight excluding hydrogens is 429 g/mol. The summed E-state index contributed by atoms with van der Waals surface area (Å²) in [7, 11) is 3.66. The molecular formula is C19H38IN3O2. The zero-order valence-electron chi connectivity index (χ0n) is 16.2. The van der Waals surface area contributed by atoms with Gasteiger partial charge in [0.1, 0.15) is 0 Å². The fraction of sp³-hybridized carbons (Fsp3) is 0.947. The van der Waals surface area contributed by atoms with Crippen LogP contribution < -0.4 is 5.32 Å². The van der Waals surface area contributed by atoms with E-state index in [0.29, 0.717) is 12.0 Å². The second-order valence-corrected chi connectivity index (χ2v) is 7.22. The minimum absolute atomic E-state index is 0. The maximum atomic E-state index is 5.98. The highest BCUT2D eigenvalue weighted by Crippen LogP contribution is 2.20. The minimum atomic E-state index is 0. The number of halogens is 1. The summed E-state index contributed by atoms with van der Waals surface area (Å²) < 4.78 is 11.3. The Morgan fingerprint density at radius 1 is 1.12 bits per heavy atom. The van der Waals surface area contributed by atoms with Crippen LogP contribution in [0, 0.1) is 5.92 Å². The lowest BCUT2D eigenvalue weighted by atomic mass is 9.98. The second-order valence-electron chi connectivity index (χ2n) is 7.22. The van der Waals surface area contributed by atoms with Gasteiger partial charge < -0.3 is 19.7 Å². The number of aliphatic imine (C=N–C) groups is 1. The van der Waals surface area contributed by atoms with Crippen LogP contribution in [0.3, 0.4) is 0 Å². The number of ether oxygens (including phenoxy) is 2. The van der Waals surface area contributed by atoms with Crippen molar-refractivity contribution in [3.05, 3.63) is 0 Å². The summed E-state index contributed by atoms with van der Waals surface area (Å²) in [6, 6.07) is 0. The highest BCUT2D eigenvalue weighted by atomic mass is 127. The van der Waals surface area contributed by atoms with Crippen molar-refractivity contribution in [2.24, 2.45) is 10.9 Å². The van der Waals surface area contributed by atoms with Gasteiger partial charge in [0.05, 0.1) is 12.7 Å². The molecule has 148 valence electrons. The van der Waals surface area contributed by atoms with Crippen molar-refractivity contribution in [2.45, 2.75) is 63.9 Å². The van der Waals surface area contributed by atoms with Crippen LogP contribution >= 0.6 is 24.0 Å². The summed E-state index contributed by atoms with van der Waals surface area (Å²) >= 11 is 0. The van der Waals surface area contributed by atoms with Crippen LogP contribution in [0.2, 0.25) is 0 Å². The minimum Gasteiger partial charge on any atom is -0.384 e. The van der Waals surface area contributed by atoms with E-state index in [2.05, 4.69) is 15.2 Å². The summed E-state index contributed by atoms with van der Waals surface area (Å²) in [5.41, 5.74) is 0. The molecule has 0 bridgehead atoms. The molecule has 6 heteroatoms. The van der Waals surface area contributed by atoms with Crippen molar-refractivity contribution in [1.29, 1.82) is 0 Å². The second kappa shape index (κ2) is 14.0. The van der Waals surface area contributed by atoms with E-state index in [1.54, 1.807) is 7.11 Å². The van der Waals surface area contributed by atoms with Gasteiger partial charge >= 0.3 is 0 Å². The third kappa shape index (κ3) is 8.91. The van der Waals surface area contributed by atoms with E-state index in [0.717, 1.165) is 38.8 Å². The molecule has 1 atom stereocenters. The molecule has 1 aliphatic heterocycles. The van der Waals surface area contributed by atoms with Crippen LogP contribution in [0.4, 0.5) is 0 Å². The molecule has 1 saturated heterocycles. The van der Waals surface area contributed by atoms with Crippen LogP contribution in [0.1, 0.15) is 57.8 Å². The van der Waals surface area contributed by atoms with Crippen molar-refractivity contribution in [3.63, 3.8) is 0 Å². The van der Waals surface area contributed by atoms with Crippen molar-refractivity contribution in [3.8, 4) is 0 Å². The maximum absolute atomic E-state index is 5.98. The van der Waals surface area contributed by atoms with E-state index in [1.807, 2.05) is 7.05 Å². The molecule has 5 nitrogen and oxygen atoms in total. The quantitative estimate of drug-likeness (QED) is 0.243. The average Bonchev–Trinajstić information content (AvgIpc) is 3.07. The molecule has 0 amide bonds. The number of guanidine groups is 1. The molecule has 0 radical (unpaired) electrons. The Bertz CT molecular complexity index is 363. The van der Waals surface area contributed by atoms with E-state index in [4.69, 9.17) is 9.47 Å². The lowest BCUT2D eigenvalue weighted by molar-refractivity contribution is 0.0264. The molecule has 1 unspecified atom stereocenters. The summed E-state index contributed by atoms with van der Waals surface area (Å²) in [6.07, 6.45) is 12.0. The van der Waals surface area contributed by atoms with Crippen LogP contribution in [0.5, 0.6) is 0 Å². The third-order valence-corrected chi connectivity index (χ3v) is 5.21. The fourth-order valence-corrected chi connectivity index (χ4v) is 3.81. The molecule has 1 aliphatic carbocycles. The van der Waals surface area contributed by atoms with E-state index < -0.39 is 0 Å². The SMILES string of the molecule is CN=C(NCCCCCOC1CCCCC1)N1CCC(COC)C1.I. The fourth-order valence-electron chi connectivity index (χ4n) is 3.81. The van der Waals surface area contributed by atoms with Crippen molar-refractivity contribution >= 4 is 29.9 Å². The number of nitrogens with one attached hydrogen (secondary N) is 1. The topological polar surface area (TPSA) is 46.1 Å². The van der Waals surface area contributed by atoms with Crippen LogP contribution in [0.15, 0.2) is 4.99 Å². The molecule has 1 N–H and O–H groups in total. The summed E-state index contributed by atoms with van der Waals surface area (Å²) in [4.78, 5) is 6.78. The van der Waals surface area contributed by atoms with Gasteiger partial charge in [-0.25, -0.2) is 0 Å². The number of hydrogen-bond donors (Lipinski definition) is 1. The monoisotopic (exact) mass is 467 g/mol. The average molecular weight is 467 g/mol. The number of unbranched alkanes of at least 4 members (excludes halogenated alkanes) is 2. The summed E-state index contributed by atoms with van der Waals surface area (Å²) in [6.45, 7) is 4.94. The predicted molar refractivity (Wildman–Crippen MR) is 115 cm³/mol. The van der Waals surface area contributed by atoms with Gasteiger partial charge in [-0.3, -0.25) is 4.99 Å². The zero-order chi connectivity index (χ0) is 17.0. The standard InChI is InChI=1S/C19H37N3O2.HI/c1-20-19(22-13-11-17(15-22)16-23-2)21-12-7-4-8-14-24-18-9-5-3-6-10-18;/h17-18H,3-16H2,1-2H3,(H,20,21);1H.